The first-order chi connectivity index (χ1) is 11.2. The fraction of sp³-hybridized carbons (Fsp3) is 0.632. The zero-order valence-electron chi connectivity index (χ0n) is 13.7. The van der Waals surface area contributed by atoms with Gasteiger partial charge in [0, 0.05) is 18.2 Å². The van der Waals surface area contributed by atoms with Gasteiger partial charge >= 0.3 is 0 Å². The van der Waals surface area contributed by atoms with Crippen molar-refractivity contribution in [2.24, 2.45) is 5.92 Å². The van der Waals surface area contributed by atoms with Gasteiger partial charge in [0.2, 0.25) is 0 Å². The van der Waals surface area contributed by atoms with Crippen LogP contribution in [0.2, 0.25) is 0 Å². The predicted molar refractivity (Wildman–Crippen MR) is 89.6 cm³/mol. The molecule has 3 rings (SSSR count). The van der Waals surface area contributed by atoms with Crippen molar-refractivity contribution in [2.75, 3.05) is 6.61 Å². The molecule has 126 valence electrons. The Morgan fingerprint density at radius 2 is 1.87 bits per heavy atom. The summed E-state index contributed by atoms with van der Waals surface area (Å²) in [4.78, 5) is 12.4. The van der Waals surface area contributed by atoms with Gasteiger partial charge in [-0.1, -0.05) is 6.07 Å². The fourth-order valence-electron chi connectivity index (χ4n) is 3.67. The summed E-state index contributed by atoms with van der Waals surface area (Å²) in [6.45, 7) is 0.265. The highest BCUT2D eigenvalue weighted by Crippen LogP contribution is 2.26. The number of ether oxygens (including phenoxy) is 1. The summed E-state index contributed by atoms with van der Waals surface area (Å²) in [5.41, 5.74) is 0.671. The van der Waals surface area contributed by atoms with Gasteiger partial charge in [0.05, 0.1) is 6.10 Å². The molecule has 0 aliphatic heterocycles. The minimum atomic E-state index is -0.0191. The third kappa shape index (κ3) is 4.47. The molecule has 0 heterocycles. The first kappa shape index (κ1) is 16.3. The van der Waals surface area contributed by atoms with Gasteiger partial charge in [-0.25, -0.2) is 0 Å². The summed E-state index contributed by atoms with van der Waals surface area (Å²) < 4.78 is 5.98. The number of benzene rings is 1. The van der Waals surface area contributed by atoms with Crippen LogP contribution in [0.25, 0.3) is 0 Å². The van der Waals surface area contributed by atoms with E-state index in [0.29, 0.717) is 17.6 Å². The van der Waals surface area contributed by atoms with Crippen molar-refractivity contribution in [2.45, 2.75) is 63.5 Å². The number of hydrogen-bond acceptors (Lipinski definition) is 3. The van der Waals surface area contributed by atoms with E-state index in [4.69, 9.17) is 4.74 Å². The second-order valence-corrected chi connectivity index (χ2v) is 6.93. The van der Waals surface area contributed by atoms with Crippen molar-refractivity contribution in [1.29, 1.82) is 0 Å². The Bertz CT molecular complexity index is 517. The van der Waals surface area contributed by atoms with Gasteiger partial charge in [-0.05, 0) is 75.5 Å². The minimum Gasteiger partial charge on any atom is -0.490 e. The smallest absolute Gasteiger partial charge is 0.251 e. The number of aliphatic hydroxyl groups is 1. The van der Waals surface area contributed by atoms with Crippen molar-refractivity contribution < 1.29 is 14.6 Å². The molecule has 2 N–H and O–H groups in total. The van der Waals surface area contributed by atoms with E-state index in [1.54, 1.807) is 0 Å². The van der Waals surface area contributed by atoms with Crippen LogP contribution in [-0.2, 0) is 0 Å². The Labute approximate surface area is 138 Å². The average Bonchev–Trinajstić information content (AvgIpc) is 3.09. The van der Waals surface area contributed by atoms with Gasteiger partial charge in [-0.3, -0.25) is 4.79 Å². The van der Waals surface area contributed by atoms with Crippen molar-refractivity contribution in [3.05, 3.63) is 29.8 Å². The Morgan fingerprint density at radius 3 is 2.57 bits per heavy atom. The largest absolute Gasteiger partial charge is 0.490 e. The molecule has 0 saturated heterocycles. The normalized spacial score (nSPS) is 25.3. The van der Waals surface area contributed by atoms with E-state index in [0.717, 1.165) is 44.3 Å². The summed E-state index contributed by atoms with van der Waals surface area (Å²) in [6, 6.07) is 7.75. The lowest BCUT2D eigenvalue weighted by molar-refractivity contribution is 0.0913. The van der Waals surface area contributed by atoms with E-state index in [2.05, 4.69) is 5.32 Å². The van der Waals surface area contributed by atoms with Crippen LogP contribution in [-0.4, -0.2) is 29.8 Å². The molecule has 0 spiro atoms. The molecular weight excluding hydrogens is 290 g/mol. The monoisotopic (exact) mass is 317 g/mol. The zero-order chi connectivity index (χ0) is 16.1. The molecule has 2 fully saturated rings. The van der Waals surface area contributed by atoms with Crippen molar-refractivity contribution in [3.8, 4) is 5.75 Å². The number of hydrogen-bond donors (Lipinski definition) is 2. The number of aliphatic hydroxyl groups excluding tert-OH is 1. The van der Waals surface area contributed by atoms with Crippen LogP contribution in [0.3, 0.4) is 0 Å². The van der Waals surface area contributed by atoms with Gasteiger partial charge < -0.3 is 15.2 Å². The van der Waals surface area contributed by atoms with Crippen LogP contribution in [0, 0.1) is 5.92 Å². The Hall–Kier alpha value is -1.55. The molecule has 0 unspecified atom stereocenters. The molecule has 2 aliphatic carbocycles. The van der Waals surface area contributed by atoms with Crippen LogP contribution in [0.15, 0.2) is 24.3 Å². The highest BCUT2D eigenvalue weighted by Gasteiger charge is 2.22. The minimum absolute atomic E-state index is 0.0191. The van der Waals surface area contributed by atoms with Crippen LogP contribution >= 0.6 is 0 Å². The SMILES string of the molecule is O=C(NC1CCC(CO)CC1)c1cccc(OC2CCCC2)c1. The molecule has 23 heavy (non-hydrogen) atoms. The molecule has 1 aromatic carbocycles. The van der Waals surface area contributed by atoms with E-state index in [1.165, 1.54) is 12.8 Å². The maximum atomic E-state index is 12.4. The van der Waals surface area contributed by atoms with E-state index in [1.807, 2.05) is 24.3 Å². The first-order valence-electron chi connectivity index (χ1n) is 8.93. The number of nitrogens with one attached hydrogen (secondary N) is 1. The van der Waals surface area contributed by atoms with Crippen molar-refractivity contribution in [1.82, 2.24) is 5.32 Å². The standard InChI is InChI=1S/C19H27NO3/c21-13-14-8-10-16(11-9-14)20-19(22)15-4-3-7-18(12-15)23-17-5-1-2-6-17/h3-4,7,12,14,16-17,21H,1-2,5-6,8-11,13H2,(H,20,22). The number of carbonyl (C=O) groups excluding carboxylic acids is 1. The highest BCUT2D eigenvalue weighted by atomic mass is 16.5. The van der Waals surface area contributed by atoms with Crippen molar-refractivity contribution in [3.63, 3.8) is 0 Å². The molecule has 4 nitrogen and oxygen atoms in total. The van der Waals surface area contributed by atoms with Crippen LogP contribution in [0.4, 0.5) is 0 Å². The van der Waals surface area contributed by atoms with Gasteiger partial charge in [-0.15, -0.1) is 0 Å². The molecule has 0 bridgehead atoms. The van der Waals surface area contributed by atoms with E-state index >= 15 is 0 Å². The lowest BCUT2D eigenvalue weighted by atomic mass is 9.86. The second-order valence-electron chi connectivity index (χ2n) is 6.93. The molecule has 1 amide bonds. The van der Waals surface area contributed by atoms with Gasteiger partial charge in [0.25, 0.3) is 5.91 Å². The Kier molecular flexibility index (Phi) is 5.55. The molecular formula is C19H27NO3. The molecule has 4 heteroatoms. The zero-order valence-corrected chi connectivity index (χ0v) is 13.7. The van der Waals surface area contributed by atoms with E-state index in [9.17, 15) is 9.90 Å². The number of carbonyl (C=O) groups is 1. The van der Waals surface area contributed by atoms with E-state index in [-0.39, 0.29) is 18.6 Å². The maximum Gasteiger partial charge on any atom is 0.251 e. The summed E-state index contributed by atoms with van der Waals surface area (Å²) >= 11 is 0. The Balaban J connectivity index is 1.54. The van der Waals surface area contributed by atoms with Gasteiger partial charge in [-0.2, -0.15) is 0 Å². The highest BCUT2D eigenvalue weighted by molar-refractivity contribution is 5.94. The fourth-order valence-corrected chi connectivity index (χ4v) is 3.67. The first-order valence-corrected chi connectivity index (χ1v) is 8.93. The average molecular weight is 317 g/mol. The third-order valence-electron chi connectivity index (χ3n) is 5.14. The molecule has 2 saturated carbocycles. The Morgan fingerprint density at radius 1 is 1.13 bits per heavy atom. The summed E-state index contributed by atoms with van der Waals surface area (Å²) in [5.74, 6) is 1.19. The van der Waals surface area contributed by atoms with E-state index < -0.39 is 0 Å². The summed E-state index contributed by atoms with van der Waals surface area (Å²) in [5, 5.41) is 12.3. The molecule has 0 aromatic heterocycles. The molecule has 0 radical (unpaired) electrons. The summed E-state index contributed by atoms with van der Waals surface area (Å²) in [6.07, 6.45) is 8.91. The number of amides is 1. The lowest BCUT2D eigenvalue weighted by Gasteiger charge is -2.28. The van der Waals surface area contributed by atoms with Crippen LogP contribution in [0.5, 0.6) is 5.75 Å². The maximum absolute atomic E-state index is 12.4. The quantitative estimate of drug-likeness (QED) is 0.876. The van der Waals surface area contributed by atoms with Crippen molar-refractivity contribution >= 4 is 5.91 Å². The molecule has 0 atom stereocenters. The third-order valence-corrected chi connectivity index (χ3v) is 5.14. The van der Waals surface area contributed by atoms with Gasteiger partial charge in [0.15, 0.2) is 0 Å². The van der Waals surface area contributed by atoms with Crippen LogP contribution < -0.4 is 10.1 Å². The topological polar surface area (TPSA) is 58.6 Å². The second kappa shape index (κ2) is 7.82. The number of rotatable bonds is 5. The molecule has 2 aliphatic rings. The van der Waals surface area contributed by atoms with Crippen LogP contribution in [0.1, 0.15) is 61.7 Å². The summed E-state index contributed by atoms with van der Waals surface area (Å²) in [7, 11) is 0. The van der Waals surface area contributed by atoms with Gasteiger partial charge in [0.1, 0.15) is 5.75 Å². The molecule has 1 aromatic rings. The lowest BCUT2D eigenvalue weighted by Crippen LogP contribution is -2.38. The predicted octanol–water partition coefficient (Wildman–Crippen LogP) is 3.29.